The quantitative estimate of drug-likeness (QED) is 0.557. The lowest BCUT2D eigenvalue weighted by Crippen LogP contribution is -2.42. The summed E-state index contributed by atoms with van der Waals surface area (Å²) in [4.78, 5) is 21.9. The lowest BCUT2D eigenvalue weighted by atomic mass is 10.5. The first-order valence-electron chi connectivity index (χ1n) is 4.53. The molecule has 3 amide bonds. The van der Waals surface area contributed by atoms with Crippen LogP contribution in [0.15, 0.2) is 0 Å². The molecule has 1 aliphatic carbocycles. The second-order valence-electron chi connectivity index (χ2n) is 3.05. The highest BCUT2D eigenvalue weighted by Crippen LogP contribution is 2.17. The third-order valence-corrected chi connectivity index (χ3v) is 1.69. The van der Waals surface area contributed by atoms with Gasteiger partial charge in [0.1, 0.15) is 0 Å². The zero-order valence-electron chi connectivity index (χ0n) is 7.72. The van der Waals surface area contributed by atoms with Crippen molar-refractivity contribution in [3.63, 3.8) is 0 Å². The standard InChI is InChI=1S/C8H15N3O2/c1-2-9-8(13)10-5-7(12)11-6-3-4-6/h6H,2-5H2,1H3,(H,11,12)(H2,9,10,13). The number of hydrogen-bond acceptors (Lipinski definition) is 2. The van der Waals surface area contributed by atoms with Crippen LogP contribution in [0.4, 0.5) is 4.79 Å². The van der Waals surface area contributed by atoms with Gasteiger partial charge in [0.25, 0.3) is 0 Å². The van der Waals surface area contributed by atoms with E-state index in [-0.39, 0.29) is 18.5 Å². The second-order valence-corrected chi connectivity index (χ2v) is 3.05. The van der Waals surface area contributed by atoms with Crippen molar-refractivity contribution in [3.05, 3.63) is 0 Å². The lowest BCUT2D eigenvalue weighted by Gasteiger charge is -2.05. The Morgan fingerprint density at radius 1 is 1.31 bits per heavy atom. The maximum absolute atomic E-state index is 11.0. The third-order valence-electron chi connectivity index (χ3n) is 1.69. The molecule has 1 fully saturated rings. The first-order chi connectivity index (χ1) is 6.22. The molecule has 1 saturated carbocycles. The van der Waals surface area contributed by atoms with Crippen LogP contribution < -0.4 is 16.0 Å². The molecule has 1 rings (SSSR count). The molecule has 13 heavy (non-hydrogen) atoms. The first-order valence-corrected chi connectivity index (χ1v) is 4.53. The van der Waals surface area contributed by atoms with E-state index < -0.39 is 0 Å². The van der Waals surface area contributed by atoms with Gasteiger partial charge in [0.05, 0.1) is 6.54 Å². The van der Waals surface area contributed by atoms with E-state index >= 15 is 0 Å². The van der Waals surface area contributed by atoms with Gasteiger partial charge in [-0.25, -0.2) is 4.79 Å². The number of amides is 3. The molecule has 3 N–H and O–H groups in total. The van der Waals surface area contributed by atoms with Crippen LogP contribution in [0.3, 0.4) is 0 Å². The van der Waals surface area contributed by atoms with Crippen molar-refractivity contribution < 1.29 is 9.59 Å². The van der Waals surface area contributed by atoms with Gasteiger partial charge in [-0.2, -0.15) is 0 Å². The minimum Gasteiger partial charge on any atom is -0.352 e. The predicted molar refractivity (Wildman–Crippen MR) is 48.2 cm³/mol. The van der Waals surface area contributed by atoms with Crippen molar-refractivity contribution in [1.29, 1.82) is 0 Å². The molecule has 0 saturated heterocycles. The predicted octanol–water partition coefficient (Wildman–Crippen LogP) is -0.416. The second kappa shape index (κ2) is 4.69. The molecule has 5 nitrogen and oxygen atoms in total. The van der Waals surface area contributed by atoms with Crippen LogP contribution in [-0.4, -0.2) is 31.1 Å². The minimum atomic E-state index is -0.298. The van der Waals surface area contributed by atoms with E-state index in [2.05, 4.69) is 16.0 Å². The van der Waals surface area contributed by atoms with Crippen LogP contribution in [0.25, 0.3) is 0 Å². The highest BCUT2D eigenvalue weighted by Gasteiger charge is 2.22. The molecule has 5 heteroatoms. The summed E-state index contributed by atoms with van der Waals surface area (Å²) in [6.45, 7) is 2.45. The van der Waals surface area contributed by atoms with Gasteiger partial charge in [-0.15, -0.1) is 0 Å². The van der Waals surface area contributed by atoms with Crippen LogP contribution in [0.5, 0.6) is 0 Å². The Morgan fingerprint density at radius 3 is 2.54 bits per heavy atom. The number of carbonyl (C=O) groups is 2. The summed E-state index contributed by atoms with van der Waals surface area (Å²) in [6, 6.07) is 0.0528. The van der Waals surface area contributed by atoms with Crippen LogP contribution in [0, 0.1) is 0 Å². The Hall–Kier alpha value is -1.26. The SMILES string of the molecule is CCNC(=O)NCC(=O)NC1CC1. The van der Waals surface area contributed by atoms with E-state index in [4.69, 9.17) is 0 Å². The van der Waals surface area contributed by atoms with Crippen molar-refractivity contribution in [2.75, 3.05) is 13.1 Å². The summed E-state index contributed by atoms with van der Waals surface area (Å²) in [5.74, 6) is -0.117. The van der Waals surface area contributed by atoms with Gasteiger partial charge in [0.15, 0.2) is 0 Å². The molecule has 0 bridgehead atoms. The van der Waals surface area contributed by atoms with Gasteiger partial charge >= 0.3 is 6.03 Å². The monoisotopic (exact) mass is 185 g/mol. The zero-order valence-corrected chi connectivity index (χ0v) is 7.72. The molecule has 1 aliphatic rings. The number of rotatable bonds is 4. The number of nitrogens with one attached hydrogen (secondary N) is 3. The summed E-state index contributed by atoms with van der Waals surface area (Å²) in [5, 5.41) is 7.76. The van der Waals surface area contributed by atoms with Crippen molar-refractivity contribution in [2.24, 2.45) is 0 Å². The summed E-state index contributed by atoms with van der Waals surface area (Å²) in [7, 11) is 0. The van der Waals surface area contributed by atoms with E-state index in [0.29, 0.717) is 12.6 Å². The van der Waals surface area contributed by atoms with Crippen LogP contribution in [0.2, 0.25) is 0 Å². The van der Waals surface area contributed by atoms with Crippen molar-refractivity contribution in [2.45, 2.75) is 25.8 Å². The van der Waals surface area contributed by atoms with Crippen molar-refractivity contribution in [3.8, 4) is 0 Å². The lowest BCUT2D eigenvalue weighted by molar-refractivity contribution is -0.120. The van der Waals surface area contributed by atoms with E-state index in [0.717, 1.165) is 12.8 Å². The van der Waals surface area contributed by atoms with Crippen molar-refractivity contribution >= 4 is 11.9 Å². The maximum atomic E-state index is 11.0. The molecule has 0 unspecified atom stereocenters. The van der Waals surface area contributed by atoms with E-state index in [1.807, 2.05) is 6.92 Å². The molecule has 0 aromatic carbocycles. The Bertz CT molecular complexity index is 202. The Labute approximate surface area is 77.3 Å². The van der Waals surface area contributed by atoms with E-state index in [1.54, 1.807) is 0 Å². The van der Waals surface area contributed by atoms with E-state index in [9.17, 15) is 9.59 Å². The van der Waals surface area contributed by atoms with Gasteiger partial charge in [0, 0.05) is 12.6 Å². The van der Waals surface area contributed by atoms with Gasteiger partial charge in [-0.1, -0.05) is 0 Å². The summed E-state index contributed by atoms with van der Waals surface area (Å²) < 4.78 is 0. The van der Waals surface area contributed by atoms with Gasteiger partial charge < -0.3 is 16.0 Å². The van der Waals surface area contributed by atoms with Gasteiger partial charge in [-0.3, -0.25) is 4.79 Å². The first kappa shape index (κ1) is 9.83. The number of urea groups is 1. The molecular formula is C8H15N3O2. The highest BCUT2D eigenvalue weighted by molar-refractivity contribution is 5.84. The Balaban J connectivity index is 2.02. The average Bonchev–Trinajstić information content (AvgIpc) is 2.85. The molecule has 0 aliphatic heterocycles. The zero-order chi connectivity index (χ0) is 9.68. The topological polar surface area (TPSA) is 70.2 Å². The summed E-state index contributed by atoms with van der Waals surface area (Å²) in [5.41, 5.74) is 0. The highest BCUT2D eigenvalue weighted by atomic mass is 16.2. The third kappa shape index (κ3) is 4.35. The fraction of sp³-hybridized carbons (Fsp3) is 0.750. The minimum absolute atomic E-state index is 0.0579. The number of hydrogen-bond donors (Lipinski definition) is 3. The fourth-order valence-corrected chi connectivity index (χ4v) is 0.890. The van der Waals surface area contributed by atoms with Crippen LogP contribution >= 0.6 is 0 Å². The molecule has 0 spiro atoms. The molecule has 0 atom stereocenters. The Kier molecular flexibility index (Phi) is 3.54. The molecular weight excluding hydrogens is 170 g/mol. The number of carbonyl (C=O) groups excluding carboxylic acids is 2. The molecule has 0 heterocycles. The van der Waals surface area contributed by atoms with Crippen molar-refractivity contribution in [1.82, 2.24) is 16.0 Å². The fourth-order valence-electron chi connectivity index (χ4n) is 0.890. The van der Waals surface area contributed by atoms with Crippen LogP contribution in [-0.2, 0) is 4.79 Å². The summed E-state index contributed by atoms with van der Waals surface area (Å²) in [6.07, 6.45) is 2.12. The summed E-state index contributed by atoms with van der Waals surface area (Å²) >= 11 is 0. The Morgan fingerprint density at radius 2 is 2.00 bits per heavy atom. The maximum Gasteiger partial charge on any atom is 0.315 e. The molecule has 74 valence electrons. The van der Waals surface area contributed by atoms with Gasteiger partial charge in [-0.05, 0) is 19.8 Å². The van der Waals surface area contributed by atoms with Gasteiger partial charge in [0.2, 0.25) is 5.91 Å². The molecule has 0 aromatic rings. The largest absolute Gasteiger partial charge is 0.352 e. The van der Waals surface area contributed by atoms with E-state index in [1.165, 1.54) is 0 Å². The average molecular weight is 185 g/mol. The smallest absolute Gasteiger partial charge is 0.315 e. The van der Waals surface area contributed by atoms with Crippen LogP contribution in [0.1, 0.15) is 19.8 Å². The molecule has 0 aromatic heterocycles. The normalized spacial score (nSPS) is 14.8. The molecule has 0 radical (unpaired) electrons.